The lowest BCUT2D eigenvalue weighted by Gasteiger charge is -2.22. The van der Waals surface area contributed by atoms with E-state index in [-0.39, 0.29) is 17.8 Å². The fourth-order valence-corrected chi connectivity index (χ4v) is 3.32. The fraction of sp³-hybridized carbons (Fsp3) is 0.471. The highest BCUT2D eigenvalue weighted by Crippen LogP contribution is 2.20. The number of carbonyl (C=O) groups excluding carboxylic acids is 1. The molecule has 1 aromatic heterocycles. The summed E-state index contributed by atoms with van der Waals surface area (Å²) in [5.74, 6) is -0.233. The van der Waals surface area contributed by atoms with Crippen molar-refractivity contribution in [1.82, 2.24) is 19.4 Å². The first-order valence-corrected chi connectivity index (χ1v) is 7.95. The van der Waals surface area contributed by atoms with Crippen LogP contribution in [0.2, 0.25) is 0 Å². The molecule has 1 aliphatic heterocycles. The molecule has 1 saturated heterocycles. The van der Waals surface area contributed by atoms with Crippen molar-refractivity contribution in [3.63, 3.8) is 0 Å². The standard InChI is InChI=1S/C17H21FN4O2/c1-11-7-21(8-15(11)20(2)3)16(23)9-22-10-19-14-5-4-12(18)6-13(14)17(22)24/h4-6,10-11,15H,7-9H2,1-3H3. The maximum absolute atomic E-state index is 13.4. The number of aromatic nitrogens is 2. The van der Waals surface area contributed by atoms with Gasteiger partial charge in [-0.05, 0) is 38.2 Å². The first-order chi connectivity index (χ1) is 11.4. The third-order valence-electron chi connectivity index (χ3n) is 4.68. The maximum Gasteiger partial charge on any atom is 0.261 e. The van der Waals surface area contributed by atoms with E-state index in [1.807, 2.05) is 14.1 Å². The number of hydrogen-bond donors (Lipinski definition) is 0. The molecule has 0 spiro atoms. The van der Waals surface area contributed by atoms with Gasteiger partial charge in [-0.1, -0.05) is 6.92 Å². The van der Waals surface area contributed by atoms with Gasteiger partial charge in [-0.25, -0.2) is 9.37 Å². The topological polar surface area (TPSA) is 58.4 Å². The minimum absolute atomic E-state index is 0.0782. The second-order valence-corrected chi connectivity index (χ2v) is 6.65. The molecule has 0 N–H and O–H groups in total. The molecule has 128 valence electrons. The van der Waals surface area contributed by atoms with E-state index in [9.17, 15) is 14.0 Å². The molecular weight excluding hydrogens is 311 g/mol. The SMILES string of the molecule is CC1CN(C(=O)Cn2cnc3ccc(F)cc3c2=O)CC1N(C)C. The summed E-state index contributed by atoms with van der Waals surface area (Å²) in [4.78, 5) is 33.0. The summed E-state index contributed by atoms with van der Waals surface area (Å²) < 4.78 is 14.6. The summed E-state index contributed by atoms with van der Waals surface area (Å²) in [7, 11) is 4.00. The number of rotatable bonds is 3. The van der Waals surface area contributed by atoms with E-state index >= 15 is 0 Å². The smallest absolute Gasteiger partial charge is 0.261 e. The summed E-state index contributed by atoms with van der Waals surface area (Å²) in [5.41, 5.74) is 0.0248. The zero-order chi connectivity index (χ0) is 17.4. The van der Waals surface area contributed by atoms with Gasteiger partial charge in [0.15, 0.2) is 0 Å². The van der Waals surface area contributed by atoms with Gasteiger partial charge in [-0.2, -0.15) is 0 Å². The first-order valence-electron chi connectivity index (χ1n) is 7.95. The second kappa shape index (κ2) is 6.32. The average Bonchev–Trinajstić information content (AvgIpc) is 2.93. The van der Waals surface area contributed by atoms with Crippen molar-refractivity contribution in [3.05, 3.63) is 40.7 Å². The number of nitrogens with zero attached hydrogens (tertiary/aromatic N) is 4. The first kappa shape index (κ1) is 16.6. The Balaban J connectivity index is 1.81. The Morgan fingerprint density at radius 3 is 2.79 bits per heavy atom. The van der Waals surface area contributed by atoms with Crippen molar-refractivity contribution >= 4 is 16.8 Å². The van der Waals surface area contributed by atoms with Crippen LogP contribution in [0, 0.1) is 11.7 Å². The van der Waals surface area contributed by atoms with Crippen LogP contribution in [0.4, 0.5) is 4.39 Å². The Labute approximate surface area is 139 Å². The monoisotopic (exact) mass is 332 g/mol. The van der Waals surface area contributed by atoms with Gasteiger partial charge < -0.3 is 9.80 Å². The summed E-state index contributed by atoms with van der Waals surface area (Å²) in [6.45, 7) is 3.36. The molecule has 1 aromatic carbocycles. The molecular formula is C17H21FN4O2. The lowest BCUT2D eigenvalue weighted by molar-refractivity contribution is -0.131. The quantitative estimate of drug-likeness (QED) is 0.839. The zero-order valence-corrected chi connectivity index (χ0v) is 14.1. The van der Waals surface area contributed by atoms with Crippen molar-refractivity contribution in [2.75, 3.05) is 27.2 Å². The molecule has 3 rings (SSSR count). The Bertz CT molecular complexity index is 833. The molecule has 6 nitrogen and oxygen atoms in total. The Morgan fingerprint density at radius 1 is 1.38 bits per heavy atom. The number of likely N-dealkylation sites (N-methyl/N-ethyl adjacent to an activating group) is 1. The second-order valence-electron chi connectivity index (χ2n) is 6.65. The highest BCUT2D eigenvalue weighted by Gasteiger charge is 2.33. The number of hydrogen-bond acceptors (Lipinski definition) is 4. The van der Waals surface area contributed by atoms with Crippen LogP contribution in [0.1, 0.15) is 6.92 Å². The Hall–Kier alpha value is -2.28. The minimum atomic E-state index is -0.493. The Morgan fingerprint density at radius 2 is 2.12 bits per heavy atom. The van der Waals surface area contributed by atoms with Crippen LogP contribution in [-0.2, 0) is 11.3 Å². The van der Waals surface area contributed by atoms with Crippen LogP contribution < -0.4 is 5.56 Å². The van der Waals surface area contributed by atoms with Crippen LogP contribution in [0.5, 0.6) is 0 Å². The van der Waals surface area contributed by atoms with Crippen LogP contribution in [0.15, 0.2) is 29.3 Å². The van der Waals surface area contributed by atoms with Crippen molar-refractivity contribution in [1.29, 1.82) is 0 Å². The van der Waals surface area contributed by atoms with Crippen LogP contribution in [-0.4, -0.2) is 58.5 Å². The van der Waals surface area contributed by atoms with Crippen molar-refractivity contribution in [2.45, 2.75) is 19.5 Å². The number of carbonyl (C=O) groups is 1. The third kappa shape index (κ3) is 3.03. The van der Waals surface area contributed by atoms with E-state index in [1.54, 1.807) is 4.90 Å². The van der Waals surface area contributed by atoms with Gasteiger partial charge in [0, 0.05) is 19.1 Å². The van der Waals surface area contributed by atoms with Crippen LogP contribution >= 0.6 is 0 Å². The van der Waals surface area contributed by atoms with Gasteiger partial charge in [-0.15, -0.1) is 0 Å². The minimum Gasteiger partial charge on any atom is -0.339 e. The van der Waals surface area contributed by atoms with E-state index in [1.165, 1.54) is 23.0 Å². The molecule has 1 amide bonds. The van der Waals surface area contributed by atoms with Gasteiger partial charge in [0.1, 0.15) is 12.4 Å². The molecule has 1 fully saturated rings. The van der Waals surface area contributed by atoms with Gasteiger partial charge in [0.25, 0.3) is 5.56 Å². The molecule has 2 unspecified atom stereocenters. The predicted octanol–water partition coefficient (Wildman–Crippen LogP) is 0.944. The van der Waals surface area contributed by atoms with E-state index in [2.05, 4.69) is 16.8 Å². The summed E-state index contributed by atoms with van der Waals surface area (Å²) in [5, 5.41) is 0.186. The number of likely N-dealkylation sites (tertiary alicyclic amines) is 1. The van der Waals surface area contributed by atoms with Gasteiger partial charge in [0.05, 0.1) is 17.2 Å². The molecule has 7 heteroatoms. The molecule has 2 heterocycles. The maximum atomic E-state index is 13.4. The molecule has 1 aliphatic rings. The molecule has 0 radical (unpaired) electrons. The lowest BCUT2D eigenvalue weighted by Crippen LogP contribution is -2.38. The van der Waals surface area contributed by atoms with E-state index in [4.69, 9.17) is 0 Å². The molecule has 2 atom stereocenters. The number of benzene rings is 1. The molecule has 0 saturated carbocycles. The normalized spacial score (nSPS) is 21.0. The lowest BCUT2D eigenvalue weighted by atomic mass is 10.1. The average molecular weight is 332 g/mol. The van der Waals surface area contributed by atoms with Crippen LogP contribution in [0.3, 0.4) is 0 Å². The number of amides is 1. The number of fused-ring (bicyclic) bond motifs is 1. The van der Waals surface area contributed by atoms with E-state index < -0.39 is 11.4 Å². The largest absolute Gasteiger partial charge is 0.339 e. The van der Waals surface area contributed by atoms with Gasteiger partial charge in [-0.3, -0.25) is 14.2 Å². The van der Waals surface area contributed by atoms with Crippen molar-refractivity contribution in [3.8, 4) is 0 Å². The van der Waals surface area contributed by atoms with Gasteiger partial charge in [0.2, 0.25) is 5.91 Å². The predicted molar refractivity (Wildman–Crippen MR) is 89.2 cm³/mol. The van der Waals surface area contributed by atoms with E-state index in [0.717, 1.165) is 6.07 Å². The summed E-state index contributed by atoms with van der Waals surface area (Å²) in [6.07, 6.45) is 1.35. The van der Waals surface area contributed by atoms with Crippen LogP contribution in [0.25, 0.3) is 10.9 Å². The highest BCUT2D eigenvalue weighted by molar-refractivity contribution is 5.79. The fourth-order valence-electron chi connectivity index (χ4n) is 3.32. The van der Waals surface area contributed by atoms with Crippen molar-refractivity contribution < 1.29 is 9.18 Å². The summed E-state index contributed by atoms with van der Waals surface area (Å²) in [6, 6.07) is 4.19. The van der Waals surface area contributed by atoms with E-state index in [0.29, 0.717) is 30.6 Å². The molecule has 24 heavy (non-hydrogen) atoms. The Kier molecular flexibility index (Phi) is 4.36. The highest BCUT2D eigenvalue weighted by atomic mass is 19.1. The molecule has 2 aromatic rings. The zero-order valence-electron chi connectivity index (χ0n) is 14.1. The van der Waals surface area contributed by atoms with Crippen molar-refractivity contribution in [2.24, 2.45) is 5.92 Å². The third-order valence-corrected chi connectivity index (χ3v) is 4.68. The molecule has 0 aliphatic carbocycles. The summed E-state index contributed by atoms with van der Waals surface area (Å²) >= 11 is 0. The molecule has 0 bridgehead atoms. The number of halogens is 1. The van der Waals surface area contributed by atoms with Gasteiger partial charge >= 0.3 is 0 Å².